The second-order valence-corrected chi connectivity index (χ2v) is 38.2. The Morgan fingerprint density at radius 2 is 0.314 bits per heavy atom. The van der Waals surface area contributed by atoms with Crippen LogP contribution in [0.1, 0.15) is 20.9 Å². The summed E-state index contributed by atoms with van der Waals surface area (Å²) in [6.45, 7) is 0. The van der Waals surface area contributed by atoms with Crippen molar-refractivity contribution in [3.63, 3.8) is 0 Å². The van der Waals surface area contributed by atoms with E-state index in [1.807, 2.05) is 69.6 Å². The summed E-state index contributed by atoms with van der Waals surface area (Å²) in [7, 11) is 0. The van der Waals surface area contributed by atoms with Crippen molar-refractivity contribution in [3.05, 3.63) is 464 Å². The molecule has 0 N–H and O–H groups in total. The van der Waals surface area contributed by atoms with Crippen LogP contribution in [0.15, 0.2) is 443 Å². The minimum atomic E-state index is 1.22. The molecule has 0 saturated carbocycles. The molecule has 12 heteroatoms. The van der Waals surface area contributed by atoms with Crippen molar-refractivity contribution in [1.29, 1.82) is 0 Å². The molecule has 574 valence electrons. The fraction of sp³-hybridized carbons (Fsp3) is 0. The molecule has 0 atom stereocenters. The van der Waals surface area contributed by atoms with E-state index in [2.05, 4.69) is 443 Å². The largest absolute Gasteiger partial charge is 0.144 e. The van der Waals surface area contributed by atoms with Crippen molar-refractivity contribution in [1.82, 2.24) is 0 Å². The van der Waals surface area contributed by atoms with Crippen LogP contribution < -0.4 is 0 Å². The molecule has 0 unspecified atom stereocenters. The lowest BCUT2D eigenvalue weighted by Gasteiger charge is -2.04. The van der Waals surface area contributed by atoms with Crippen molar-refractivity contribution in [2.24, 2.45) is 0 Å². The van der Waals surface area contributed by atoms with Crippen molar-refractivity contribution < 1.29 is 0 Å². The van der Waals surface area contributed by atoms with E-state index in [1.54, 1.807) is 90.7 Å². The Hall–Kier alpha value is -11.1. The average Bonchev–Trinajstić information content (AvgIpc) is 1.58. The predicted octanol–water partition coefficient (Wildman–Crippen LogP) is 36.9. The summed E-state index contributed by atoms with van der Waals surface area (Å²) < 4.78 is 0. The lowest BCUT2D eigenvalue weighted by Crippen LogP contribution is -1.79. The van der Waals surface area contributed by atoms with Crippen LogP contribution in [0.25, 0.3) is 148 Å². The third kappa shape index (κ3) is 24.1. The third-order valence-electron chi connectivity index (χ3n) is 18.2. The van der Waals surface area contributed by atoms with Gasteiger partial charge in [0.05, 0.1) is 0 Å². The van der Waals surface area contributed by atoms with Crippen LogP contribution >= 0.6 is 136 Å². The molecule has 0 nitrogen and oxygen atoms in total. The van der Waals surface area contributed by atoms with Crippen LogP contribution in [0.4, 0.5) is 0 Å². The summed E-state index contributed by atoms with van der Waals surface area (Å²) in [4.78, 5) is 21.4. The summed E-state index contributed by atoms with van der Waals surface area (Å²) in [5, 5.41) is 16.9. The van der Waals surface area contributed by atoms with Gasteiger partial charge in [0.15, 0.2) is 0 Å². The summed E-state index contributed by atoms with van der Waals surface area (Å²) >= 11 is 21.7. The van der Waals surface area contributed by atoms with E-state index < -0.39 is 0 Å². The summed E-state index contributed by atoms with van der Waals surface area (Å²) in [6.07, 6.45) is 8.77. The molecule has 0 aliphatic carbocycles. The van der Waals surface area contributed by atoms with Gasteiger partial charge in [-0.25, -0.2) is 0 Å². The standard InChI is InChI=1S/C26H18S4.C18H14.C16H12S.C14H10S2.C12H8S3.2C10H8S/c1-3-23(27-17-1)25-15-13-21(29-25)11-9-19-5-7-20(8-6-19)10-12-22-14-16-26(30-22)24-4-2-18-28-24;1-3-7-15(8-4-1)17-11-13-18(14-12-17)16-9-5-2-6-10-16;1-3-7-13(8-4-1)15-11-12-16(17-15)14-9-5-2-6-10-14;1-3-13(15-9-1)11-5-7-12(8-6-11)14-4-2-10-16-14;1-3-9(13-7-1)11-5-6-12(15-11)10-4-2-8-14-10;2*1-2-5-9(6-3-1)10-7-4-8-11-10/h1-18H;1-14H;1-12H;1-10H;1-8H;2*1-8H/b11-9+,12-10+;;;;;;. The van der Waals surface area contributed by atoms with Crippen molar-refractivity contribution in [2.45, 2.75) is 0 Å². The van der Waals surface area contributed by atoms with E-state index in [0.717, 1.165) is 0 Å². The van der Waals surface area contributed by atoms with Crippen LogP contribution in [-0.4, -0.2) is 0 Å². The Bertz CT molecular complexity index is 5910. The average molecular weight is 1740 g/mol. The van der Waals surface area contributed by atoms with Gasteiger partial charge < -0.3 is 0 Å². The molecule has 0 bridgehead atoms. The van der Waals surface area contributed by atoms with E-state index in [-0.39, 0.29) is 0 Å². The van der Waals surface area contributed by atoms with Crippen LogP contribution in [0.3, 0.4) is 0 Å². The van der Waals surface area contributed by atoms with E-state index in [4.69, 9.17) is 0 Å². The molecule has 0 amide bonds. The van der Waals surface area contributed by atoms with Crippen LogP contribution in [0.2, 0.25) is 0 Å². The Kier molecular flexibility index (Phi) is 30.5. The Labute approximate surface area is 740 Å². The molecule has 21 rings (SSSR count). The van der Waals surface area contributed by atoms with E-state index in [9.17, 15) is 0 Å². The van der Waals surface area contributed by atoms with E-state index >= 15 is 0 Å². The highest BCUT2D eigenvalue weighted by Gasteiger charge is 2.10. The molecule has 118 heavy (non-hydrogen) atoms. The highest BCUT2D eigenvalue weighted by molar-refractivity contribution is 7.26. The molecule has 0 aliphatic rings. The SMILES string of the molecule is C(=C\c1ccc(-c2cccs2)s1)/c1ccc(/C=C/c2ccc(-c3cccs3)s2)cc1.c1ccc(-c2ccc(-c3ccccc3)cc2)cc1.c1ccc(-c2ccc(-c3ccccc3)s2)cc1.c1ccc(-c2cccs2)cc1.c1ccc(-c2cccs2)cc1.c1csc(-c2ccc(-c3cccs3)cc2)c1.c1csc(-c2ccc(-c3cccs3)s2)c1. The first-order valence-corrected chi connectivity index (χ1v) is 48.5. The van der Waals surface area contributed by atoms with Gasteiger partial charge in [-0.15, -0.1) is 136 Å². The summed E-state index contributed by atoms with van der Waals surface area (Å²) in [5.74, 6) is 0. The van der Waals surface area contributed by atoms with Crippen molar-refractivity contribution in [2.75, 3.05) is 0 Å². The maximum absolute atomic E-state index is 2.21. The Morgan fingerprint density at radius 1 is 0.119 bits per heavy atom. The van der Waals surface area contributed by atoms with Crippen LogP contribution in [0, 0.1) is 0 Å². The molecule has 12 aromatic heterocycles. The molecule has 12 heterocycles. The number of hydrogen-bond donors (Lipinski definition) is 0. The Balaban J connectivity index is 0.000000111. The lowest BCUT2D eigenvalue weighted by molar-refractivity contribution is 1.59. The fourth-order valence-corrected chi connectivity index (χ4v) is 22.4. The van der Waals surface area contributed by atoms with E-state index in [1.165, 1.54) is 145 Å². The van der Waals surface area contributed by atoms with Crippen LogP contribution in [-0.2, 0) is 0 Å². The first kappa shape index (κ1) is 82.0. The Morgan fingerprint density at radius 3 is 0.576 bits per heavy atom. The fourth-order valence-electron chi connectivity index (χ4n) is 12.2. The minimum absolute atomic E-state index is 1.22. The first-order valence-electron chi connectivity index (χ1n) is 38.2. The second-order valence-electron chi connectivity index (χ2n) is 26.2. The number of hydrogen-bond acceptors (Lipinski definition) is 12. The second kappa shape index (κ2) is 43.9. The molecule has 0 fully saturated rings. The summed E-state index contributed by atoms with van der Waals surface area (Å²) in [5.41, 5.74) is 15.3. The van der Waals surface area contributed by atoms with Gasteiger partial charge in [-0.3, -0.25) is 0 Å². The van der Waals surface area contributed by atoms with Gasteiger partial charge in [-0.2, -0.15) is 0 Å². The van der Waals surface area contributed by atoms with Gasteiger partial charge in [0.2, 0.25) is 0 Å². The third-order valence-corrected chi connectivity index (χ3v) is 30.5. The van der Waals surface area contributed by atoms with Crippen molar-refractivity contribution >= 4 is 160 Å². The molecule has 0 saturated heterocycles. The quantitative estimate of drug-likeness (QED) is 0.0904. The van der Waals surface area contributed by atoms with Gasteiger partial charge in [0.1, 0.15) is 0 Å². The smallest absolute Gasteiger partial charge is 0.0449 e. The zero-order chi connectivity index (χ0) is 79.8. The van der Waals surface area contributed by atoms with Gasteiger partial charge in [0.25, 0.3) is 0 Å². The minimum Gasteiger partial charge on any atom is -0.144 e. The maximum atomic E-state index is 2.21. The van der Waals surface area contributed by atoms with Gasteiger partial charge in [-0.1, -0.05) is 315 Å². The van der Waals surface area contributed by atoms with Gasteiger partial charge >= 0.3 is 0 Å². The van der Waals surface area contributed by atoms with Gasteiger partial charge in [-0.05, 0) is 219 Å². The van der Waals surface area contributed by atoms with Crippen molar-refractivity contribution in [3.8, 4) is 124 Å². The predicted molar refractivity (Wildman–Crippen MR) is 536 cm³/mol. The first-order chi connectivity index (χ1) is 58.5. The highest BCUT2D eigenvalue weighted by atomic mass is 32.1. The zero-order valence-corrected chi connectivity index (χ0v) is 73.7. The molecular weight excluding hydrogens is 1660 g/mol. The molecular formula is C106H78S12. The number of rotatable bonds is 16. The number of thiophene rings is 12. The molecule has 0 aliphatic heterocycles. The monoisotopic (exact) mass is 1730 g/mol. The topological polar surface area (TPSA) is 0 Å². The molecule has 9 aromatic carbocycles. The molecule has 0 radical (unpaired) electrons. The normalized spacial score (nSPS) is 10.6. The zero-order valence-electron chi connectivity index (χ0n) is 63.9. The number of benzene rings is 9. The highest BCUT2D eigenvalue weighted by Crippen LogP contribution is 2.40. The molecule has 0 spiro atoms. The van der Waals surface area contributed by atoms with Gasteiger partial charge in [0, 0.05) is 78.0 Å². The maximum Gasteiger partial charge on any atom is 0.0449 e. The summed E-state index contributed by atoms with van der Waals surface area (Å²) in [6, 6.07) is 141. The van der Waals surface area contributed by atoms with Crippen LogP contribution in [0.5, 0.6) is 0 Å². The molecule has 21 aromatic rings. The van der Waals surface area contributed by atoms with E-state index in [0.29, 0.717) is 0 Å². The lowest BCUT2D eigenvalue weighted by atomic mass is 10.0.